The fourth-order valence-electron chi connectivity index (χ4n) is 2.13. The van der Waals surface area contributed by atoms with Gasteiger partial charge in [-0.3, -0.25) is 4.79 Å². The second-order valence-electron chi connectivity index (χ2n) is 5.43. The van der Waals surface area contributed by atoms with E-state index in [-0.39, 0.29) is 28.3 Å². The number of esters is 1. The molecular weight excluding hydrogens is 474 g/mol. The van der Waals surface area contributed by atoms with Gasteiger partial charge in [0.25, 0.3) is 5.89 Å². The predicted octanol–water partition coefficient (Wildman–Crippen LogP) is 3.17. The number of hydrogen-bond donors (Lipinski definition) is 1. The van der Waals surface area contributed by atoms with Gasteiger partial charge in [0.15, 0.2) is 6.61 Å². The molecule has 1 N–H and O–H groups in total. The van der Waals surface area contributed by atoms with E-state index < -0.39 is 22.5 Å². The highest BCUT2D eigenvalue weighted by atomic mass is 79.9. The number of hydrogen-bond acceptors (Lipinski definition) is 7. The second-order valence-corrected chi connectivity index (χ2v) is 8.49. The standard InChI is InChI=1S/C17H13BrClN3O5S/c18-12-6-7-14(13(19)8-12)28(24,25)20-9-16(23)26-10-15-21-22-17(27-15)11-4-2-1-3-5-11/h1-8,20H,9-10H2. The van der Waals surface area contributed by atoms with E-state index in [0.717, 1.165) is 5.56 Å². The maximum Gasteiger partial charge on any atom is 0.321 e. The van der Waals surface area contributed by atoms with Crippen molar-refractivity contribution in [1.82, 2.24) is 14.9 Å². The molecule has 0 radical (unpaired) electrons. The zero-order valence-electron chi connectivity index (χ0n) is 14.1. The van der Waals surface area contributed by atoms with Crippen LogP contribution in [0.25, 0.3) is 11.5 Å². The lowest BCUT2D eigenvalue weighted by atomic mass is 10.2. The van der Waals surface area contributed by atoms with Gasteiger partial charge < -0.3 is 9.15 Å². The van der Waals surface area contributed by atoms with Crippen LogP contribution in [-0.4, -0.2) is 31.1 Å². The lowest BCUT2D eigenvalue weighted by Crippen LogP contribution is -2.30. The van der Waals surface area contributed by atoms with E-state index in [9.17, 15) is 13.2 Å². The smallest absolute Gasteiger partial charge is 0.321 e. The molecule has 0 atom stereocenters. The van der Waals surface area contributed by atoms with E-state index in [1.165, 1.54) is 18.2 Å². The summed E-state index contributed by atoms with van der Waals surface area (Å²) in [6.07, 6.45) is 0. The minimum atomic E-state index is -3.97. The Bertz CT molecular complexity index is 1090. The van der Waals surface area contributed by atoms with Gasteiger partial charge >= 0.3 is 5.97 Å². The van der Waals surface area contributed by atoms with Crippen molar-refractivity contribution in [3.63, 3.8) is 0 Å². The van der Waals surface area contributed by atoms with Crippen LogP contribution in [0.2, 0.25) is 5.02 Å². The molecule has 8 nitrogen and oxygen atoms in total. The number of carbonyl (C=O) groups is 1. The number of rotatable bonds is 7. The van der Waals surface area contributed by atoms with Crippen molar-refractivity contribution >= 4 is 43.5 Å². The summed E-state index contributed by atoms with van der Waals surface area (Å²) in [4.78, 5) is 11.7. The van der Waals surface area contributed by atoms with E-state index in [2.05, 4.69) is 30.8 Å². The number of aromatic nitrogens is 2. The Morgan fingerprint density at radius 1 is 1.18 bits per heavy atom. The summed E-state index contributed by atoms with van der Waals surface area (Å²) in [6, 6.07) is 13.4. The summed E-state index contributed by atoms with van der Waals surface area (Å²) in [6.45, 7) is -0.853. The van der Waals surface area contributed by atoms with Crippen LogP contribution in [0.4, 0.5) is 0 Å². The summed E-state index contributed by atoms with van der Waals surface area (Å²) in [7, 11) is -3.97. The molecule has 3 aromatic rings. The van der Waals surface area contributed by atoms with E-state index >= 15 is 0 Å². The molecular formula is C17H13BrClN3O5S. The van der Waals surface area contributed by atoms with Crippen LogP contribution >= 0.6 is 27.5 Å². The molecule has 0 saturated heterocycles. The number of nitrogens with zero attached hydrogens (tertiary/aromatic N) is 2. The van der Waals surface area contributed by atoms with Crippen molar-refractivity contribution < 1.29 is 22.4 Å². The van der Waals surface area contributed by atoms with Crippen molar-refractivity contribution in [3.05, 3.63) is 63.9 Å². The SMILES string of the molecule is O=C(CNS(=O)(=O)c1ccc(Br)cc1Cl)OCc1nnc(-c2ccccc2)o1. The molecule has 0 aliphatic rings. The first-order chi connectivity index (χ1) is 13.3. The van der Waals surface area contributed by atoms with Gasteiger partial charge in [0.1, 0.15) is 11.4 Å². The monoisotopic (exact) mass is 485 g/mol. The Morgan fingerprint density at radius 2 is 1.93 bits per heavy atom. The number of sulfonamides is 1. The van der Waals surface area contributed by atoms with E-state index in [1.54, 1.807) is 12.1 Å². The van der Waals surface area contributed by atoms with Gasteiger partial charge in [-0.1, -0.05) is 45.7 Å². The fraction of sp³-hybridized carbons (Fsp3) is 0.118. The van der Waals surface area contributed by atoms with Crippen LogP contribution in [0, 0.1) is 0 Å². The normalized spacial score (nSPS) is 11.4. The van der Waals surface area contributed by atoms with Gasteiger partial charge in [0, 0.05) is 10.0 Å². The molecule has 0 aliphatic carbocycles. The maximum atomic E-state index is 12.2. The Labute approximate surface area is 174 Å². The van der Waals surface area contributed by atoms with Crippen LogP contribution in [0.15, 0.2) is 62.3 Å². The molecule has 28 heavy (non-hydrogen) atoms. The van der Waals surface area contributed by atoms with Crippen LogP contribution in [0.3, 0.4) is 0 Å². The molecule has 11 heteroatoms. The van der Waals surface area contributed by atoms with Gasteiger partial charge in [-0.15, -0.1) is 10.2 Å². The molecule has 0 amide bonds. The Balaban J connectivity index is 1.54. The van der Waals surface area contributed by atoms with Crippen LogP contribution in [0.5, 0.6) is 0 Å². The predicted molar refractivity (Wildman–Crippen MR) is 104 cm³/mol. The first-order valence-electron chi connectivity index (χ1n) is 7.83. The topological polar surface area (TPSA) is 111 Å². The van der Waals surface area contributed by atoms with E-state index in [1.807, 2.05) is 18.2 Å². The van der Waals surface area contributed by atoms with Crippen molar-refractivity contribution in [2.75, 3.05) is 6.54 Å². The second kappa shape index (κ2) is 8.82. The summed E-state index contributed by atoms with van der Waals surface area (Å²) in [5.74, 6) is -0.431. The fourth-order valence-corrected chi connectivity index (χ4v) is 4.13. The minimum Gasteiger partial charge on any atom is -0.455 e. The number of carbonyl (C=O) groups excluding carboxylic acids is 1. The molecule has 0 aliphatic heterocycles. The molecule has 0 spiro atoms. The number of ether oxygens (including phenoxy) is 1. The van der Waals surface area contributed by atoms with Crippen molar-refractivity contribution in [2.45, 2.75) is 11.5 Å². The third-order valence-electron chi connectivity index (χ3n) is 3.43. The quantitative estimate of drug-likeness (QED) is 0.511. The summed E-state index contributed by atoms with van der Waals surface area (Å²) in [5, 5.41) is 7.68. The van der Waals surface area contributed by atoms with Gasteiger partial charge in [-0.05, 0) is 30.3 Å². The molecule has 0 bridgehead atoms. The van der Waals surface area contributed by atoms with Crippen molar-refractivity contribution in [1.29, 1.82) is 0 Å². The lowest BCUT2D eigenvalue weighted by Gasteiger charge is -2.08. The first kappa shape index (κ1) is 20.5. The van der Waals surface area contributed by atoms with Gasteiger partial charge in [-0.2, -0.15) is 4.72 Å². The molecule has 146 valence electrons. The highest BCUT2D eigenvalue weighted by molar-refractivity contribution is 9.10. The van der Waals surface area contributed by atoms with Crippen molar-refractivity contribution in [2.24, 2.45) is 0 Å². The largest absolute Gasteiger partial charge is 0.455 e. The Hall–Kier alpha value is -2.27. The Morgan fingerprint density at radius 3 is 2.64 bits per heavy atom. The molecule has 3 rings (SSSR count). The molecule has 1 aromatic heterocycles. The van der Waals surface area contributed by atoms with E-state index in [4.69, 9.17) is 20.8 Å². The van der Waals surface area contributed by atoms with Gasteiger partial charge in [-0.25, -0.2) is 8.42 Å². The molecule has 0 saturated carbocycles. The molecule has 2 aromatic carbocycles. The Kier molecular flexibility index (Phi) is 6.45. The van der Waals surface area contributed by atoms with Crippen LogP contribution < -0.4 is 4.72 Å². The van der Waals surface area contributed by atoms with Crippen molar-refractivity contribution in [3.8, 4) is 11.5 Å². The average molecular weight is 487 g/mol. The summed E-state index contributed by atoms with van der Waals surface area (Å²) < 4.78 is 37.6. The number of benzene rings is 2. The average Bonchev–Trinajstić information content (AvgIpc) is 3.14. The highest BCUT2D eigenvalue weighted by Crippen LogP contribution is 2.25. The maximum absolute atomic E-state index is 12.2. The zero-order valence-corrected chi connectivity index (χ0v) is 17.3. The third kappa shape index (κ3) is 5.16. The van der Waals surface area contributed by atoms with Crippen LogP contribution in [-0.2, 0) is 26.2 Å². The number of nitrogens with one attached hydrogen (secondary N) is 1. The highest BCUT2D eigenvalue weighted by Gasteiger charge is 2.20. The first-order valence-corrected chi connectivity index (χ1v) is 10.5. The molecule has 1 heterocycles. The third-order valence-corrected chi connectivity index (χ3v) is 5.81. The summed E-state index contributed by atoms with van der Waals surface area (Å²) in [5.41, 5.74) is 0.728. The van der Waals surface area contributed by atoms with E-state index in [0.29, 0.717) is 4.47 Å². The van der Waals surface area contributed by atoms with Gasteiger partial charge in [0.05, 0.1) is 5.02 Å². The zero-order chi connectivity index (χ0) is 20.1. The number of halogens is 2. The molecule has 0 fully saturated rings. The van der Waals surface area contributed by atoms with Crippen LogP contribution in [0.1, 0.15) is 5.89 Å². The summed E-state index contributed by atoms with van der Waals surface area (Å²) >= 11 is 9.12. The minimum absolute atomic E-state index is 0.0227. The lowest BCUT2D eigenvalue weighted by molar-refractivity contribution is -0.144. The molecule has 0 unspecified atom stereocenters. The van der Waals surface area contributed by atoms with Gasteiger partial charge in [0.2, 0.25) is 15.9 Å².